The summed E-state index contributed by atoms with van der Waals surface area (Å²) in [5, 5.41) is 0. The maximum atomic E-state index is 6.26. The smallest absolute Gasteiger partial charge is 0.0284 e. The van der Waals surface area contributed by atoms with Crippen molar-refractivity contribution in [1.29, 1.82) is 0 Å². The highest BCUT2D eigenvalue weighted by atomic mass is 15.2. The molecule has 2 N–H and O–H groups in total. The van der Waals surface area contributed by atoms with Crippen LogP contribution in [0.5, 0.6) is 0 Å². The van der Waals surface area contributed by atoms with E-state index in [0.29, 0.717) is 0 Å². The van der Waals surface area contributed by atoms with Crippen molar-refractivity contribution < 1.29 is 0 Å². The first kappa shape index (κ1) is 10.1. The lowest BCUT2D eigenvalue weighted by Gasteiger charge is -2.45. The Morgan fingerprint density at radius 1 is 1.07 bits per heavy atom. The Balaban J connectivity index is 1.65. The van der Waals surface area contributed by atoms with E-state index in [1.807, 2.05) is 0 Å². The van der Waals surface area contributed by atoms with Crippen LogP contribution in [-0.4, -0.2) is 29.6 Å². The summed E-state index contributed by atoms with van der Waals surface area (Å²) >= 11 is 0. The van der Waals surface area contributed by atoms with Crippen LogP contribution in [0.3, 0.4) is 0 Å². The van der Waals surface area contributed by atoms with Gasteiger partial charge in [0.2, 0.25) is 0 Å². The Hall–Kier alpha value is -0.0800. The predicted molar refractivity (Wildman–Crippen MR) is 62.7 cm³/mol. The second-order valence-corrected chi connectivity index (χ2v) is 6.09. The monoisotopic (exact) mass is 208 g/mol. The Labute approximate surface area is 93.2 Å². The highest BCUT2D eigenvalue weighted by Crippen LogP contribution is 2.39. The van der Waals surface area contributed by atoms with Crippen molar-refractivity contribution in [3.8, 4) is 0 Å². The molecule has 2 aliphatic carbocycles. The third kappa shape index (κ3) is 2.07. The van der Waals surface area contributed by atoms with Crippen molar-refractivity contribution in [3.05, 3.63) is 0 Å². The van der Waals surface area contributed by atoms with Crippen molar-refractivity contribution in [1.82, 2.24) is 4.90 Å². The lowest BCUT2D eigenvalue weighted by Crippen LogP contribution is -2.51. The minimum Gasteiger partial charge on any atom is -0.324 e. The molecule has 1 saturated heterocycles. The van der Waals surface area contributed by atoms with Gasteiger partial charge >= 0.3 is 0 Å². The van der Waals surface area contributed by atoms with Gasteiger partial charge in [0, 0.05) is 18.1 Å². The molecule has 0 bridgehead atoms. The minimum absolute atomic E-state index is 0.222. The largest absolute Gasteiger partial charge is 0.324 e. The topological polar surface area (TPSA) is 29.3 Å². The molecule has 2 nitrogen and oxygen atoms in total. The van der Waals surface area contributed by atoms with Crippen LogP contribution >= 0.6 is 0 Å². The summed E-state index contributed by atoms with van der Waals surface area (Å²) in [6, 6.07) is 0.897. The zero-order valence-electron chi connectivity index (χ0n) is 9.75. The van der Waals surface area contributed by atoms with Crippen LogP contribution in [0, 0.1) is 5.92 Å². The lowest BCUT2D eigenvalue weighted by molar-refractivity contribution is 0.0540. The number of fused-ring (bicyclic) bond motifs is 1. The average molecular weight is 208 g/mol. The number of likely N-dealkylation sites (tertiary alicyclic amines) is 1. The van der Waals surface area contributed by atoms with Crippen molar-refractivity contribution in [3.63, 3.8) is 0 Å². The molecule has 0 aromatic rings. The van der Waals surface area contributed by atoms with E-state index in [1.54, 1.807) is 0 Å². The molecule has 2 heteroatoms. The fourth-order valence-electron chi connectivity index (χ4n) is 3.65. The standard InChI is InChI=1S/C13H24N2/c14-13(7-8-13)10-15-9-3-5-11-4-1-2-6-12(11)15/h11-12H,1-10,14H2/t11-,12-/m1/s1. The van der Waals surface area contributed by atoms with Crippen LogP contribution < -0.4 is 5.73 Å². The molecule has 1 heterocycles. The maximum Gasteiger partial charge on any atom is 0.0284 e. The molecule has 0 aromatic heterocycles. The molecule has 0 spiro atoms. The highest BCUT2D eigenvalue weighted by Gasteiger charge is 2.43. The van der Waals surface area contributed by atoms with Gasteiger partial charge < -0.3 is 5.73 Å². The molecule has 2 saturated carbocycles. The van der Waals surface area contributed by atoms with Gasteiger partial charge in [-0.05, 0) is 51.0 Å². The van der Waals surface area contributed by atoms with Crippen molar-refractivity contribution in [2.24, 2.45) is 11.7 Å². The molecular weight excluding hydrogens is 184 g/mol. The fraction of sp³-hybridized carbons (Fsp3) is 1.00. The molecule has 3 aliphatic rings. The van der Waals surface area contributed by atoms with E-state index in [0.717, 1.165) is 12.0 Å². The summed E-state index contributed by atoms with van der Waals surface area (Å²) in [6.07, 6.45) is 11.3. The zero-order chi connectivity index (χ0) is 10.3. The molecule has 3 fully saturated rings. The van der Waals surface area contributed by atoms with Gasteiger partial charge in [-0.2, -0.15) is 0 Å². The fourth-order valence-corrected chi connectivity index (χ4v) is 3.65. The first-order valence-electron chi connectivity index (χ1n) is 6.80. The summed E-state index contributed by atoms with van der Waals surface area (Å²) in [5.74, 6) is 1.01. The van der Waals surface area contributed by atoms with E-state index in [9.17, 15) is 0 Å². The van der Waals surface area contributed by atoms with Crippen LogP contribution in [0.2, 0.25) is 0 Å². The van der Waals surface area contributed by atoms with Crippen LogP contribution in [0.25, 0.3) is 0 Å². The first-order valence-corrected chi connectivity index (χ1v) is 6.80. The number of nitrogens with two attached hydrogens (primary N) is 1. The number of nitrogens with zero attached hydrogens (tertiary/aromatic N) is 1. The molecule has 0 amide bonds. The van der Waals surface area contributed by atoms with Gasteiger partial charge in [-0.3, -0.25) is 4.90 Å². The number of rotatable bonds is 2. The third-order valence-electron chi connectivity index (χ3n) is 4.77. The summed E-state index contributed by atoms with van der Waals surface area (Å²) in [6.45, 7) is 2.51. The second-order valence-electron chi connectivity index (χ2n) is 6.09. The Bertz CT molecular complexity index is 233. The minimum atomic E-state index is 0.222. The SMILES string of the molecule is NC1(CN2CCC[C@H]3CCCC[C@H]32)CC1. The lowest BCUT2D eigenvalue weighted by atomic mass is 9.78. The number of hydrogen-bond acceptors (Lipinski definition) is 2. The molecular formula is C13H24N2. The molecule has 1 aliphatic heterocycles. The van der Waals surface area contributed by atoms with Crippen LogP contribution in [0.1, 0.15) is 51.4 Å². The molecule has 0 unspecified atom stereocenters. The quantitative estimate of drug-likeness (QED) is 0.753. The van der Waals surface area contributed by atoms with Gasteiger partial charge in [-0.25, -0.2) is 0 Å². The van der Waals surface area contributed by atoms with Crippen LogP contribution in [0.15, 0.2) is 0 Å². The maximum absolute atomic E-state index is 6.26. The molecule has 3 rings (SSSR count). The summed E-state index contributed by atoms with van der Waals surface area (Å²) in [5.41, 5.74) is 6.48. The number of piperidine rings is 1. The van der Waals surface area contributed by atoms with Crippen molar-refractivity contribution in [2.45, 2.75) is 62.9 Å². The Kier molecular flexibility index (Phi) is 2.52. The van der Waals surface area contributed by atoms with Gasteiger partial charge in [-0.15, -0.1) is 0 Å². The molecule has 0 aromatic carbocycles. The van der Waals surface area contributed by atoms with Crippen LogP contribution in [0.4, 0.5) is 0 Å². The van der Waals surface area contributed by atoms with Crippen molar-refractivity contribution >= 4 is 0 Å². The van der Waals surface area contributed by atoms with E-state index in [4.69, 9.17) is 5.73 Å². The zero-order valence-corrected chi connectivity index (χ0v) is 9.75. The van der Waals surface area contributed by atoms with E-state index in [-0.39, 0.29) is 5.54 Å². The Morgan fingerprint density at radius 3 is 2.60 bits per heavy atom. The summed E-state index contributed by atoms with van der Waals surface area (Å²) in [4.78, 5) is 2.74. The molecule has 86 valence electrons. The Morgan fingerprint density at radius 2 is 1.80 bits per heavy atom. The summed E-state index contributed by atoms with van der Waals surface area (Å²) < 4.78 is 0. The van der Waals surface area contributed by atoms with Gasteiger partial charge in [0.15, 0.2) is 0 Å². The van der Waals surface area contributed by atoms with Gasteiger partial charge in [0.25, 0.3) is 0 Å². The van der Waals surface area contributed by atoms with E-state index in [2.05, 4.69) is 4.90 Å². The van der Waals surface area contributed by atoms with Crippen LogP contribution in [-0.2, 0) is 0 Å². The summed E-state index contributed by atoms with van der Waals surface area (Å²) in [7, 11) is 0. The van der Waals surface area contributed by atoms with Gasteiger partial charge in [0.05, 0.1) is 0 Å². The van der Waals surface area contributed by atoms with E-state index >= 15 is 0 Å². The second kappa shape index (κ2) is 3.74. The number of hydrogen-bond donors (Lipinski definition) is 1. The average Bonchev–Trinajstić information content (AvgIpc) is 2.97. The van der Waals surface area contributed by atoms with E-state index < -0.39 is 0 Å². The normalized spacial score (nSPS) is 39.8. The molecule has 2 atom stereocenters. The van der Waals surface area contributed by atoms with Crippen molar-refractivity contribution in [2.75, 3.05) is 13.1 Å². The molecule has 0 radical (unpaired) electrons. The first-order chi connectivity index (χ1) is 7.27. The highest BCUT2D eigenvalue weighted by molar-refractivity contribution is 5.03. The van der Waals surface area contributed by atoms with Gasteiger partial charge in [0.1, 0.15) is 0 Å². The predicted octanol–water partition coefficient (Wildman–Crippen LogP) is 2.13. The third-order valence-corrected chi connectivity index (χ3v) is 4.77. The van der Waals surface area contributed by atoms with Gasteiger partial charge in [-0.1, -0.05) is 12.8 Å². The molecule has 15 heavy (non-hydrogen) atoms. The van der Waals surface area contributed by atoms with E-state index in [1.165, 1.54) is 64.5 Å².